The van der Waals surface area contributed by atoms with E-state index in [0.29, 0.717) is 6.42 Å². The van der Waals surface area contributed by atoms with Crippen molar-refractivity contribution >= 4 is 5.69 Å². The van der Waals surface area contributed by atoms with Gasteiger partial charge in [-0.05, 0) is 31.4 Å². The normalized spacial score (nSPS) is 12.5. The van der Waals surface area contributed by atoms with Crippen LogP contribution in [0.4, 0.5) is 10.1 Å². The van der Waals surface area contributed by atoms with E-state index < -0.39 is 16.4 Å². The molecule has 0 amide bonds. The second kappa shape index (κ2) is 4.84. The van der Waals surface area contributed by atoms with Gasteiger partial charge in [0.25, 0.3) is 0 Å². The lowest BCUT2D eigenvalue weighted by molar-refractivity contribution is -0.387. The van der Waals surface area contributed by atoms with Crippen molar-refractivity contribution in [3.05, 3.63) is 39.7 Å². The summed E-state index contributed by atoms with van der Waals surface area (Å²) in [5.41, 5.74) is 5.80. The van der Waals surface area contributed by atoms with Crippen LogP contribution in [0, 0.1) is 15.9 Å². The SMILES string of the molecule is C[C@@H](N)CCc1ccc([N+](=O)[O-])c(F)c1. The number of nitrogens with two attached hydrogens (primary N) is 1. The quantitative estimate of drug-likeness (QED) is 0.613. The van der Waals surface area contributed by atoms with Gasteiger partial charge in [0.2, 0.25) is 5.82 Å². The molecule has 0 spiro atoms. The standard InChI is InChI=1S/C10H13FN2O2/c1-7(12)2-3-8-4-5-10(13(14)15)9(11)6-8/h4-7H,2-3,12H2,1H3/t7-/m1/s1. The molecular weight excluding hydrogens is 199 g/mol. The molecule has 0 aliphatic carbocycles. The Morgan fingerprint density at radius 2 is 2.27 bits per heavy atom. The molecule has 0 aliphatic rings. The highest BCUT2D eigenvalue weighted by Gasteiger charge is 2.13. The fourth-order valence-corrected chi connectivity index (χ4v) is 1.25. The van der Waals surface area contributed by atoms with E-state index in [1.54, 1.807) is 6.07 Å². The number of halogens is 1. The van der Waals surface area contributed by atoms with Gasteiger partial charge in [-0.2, -0.15) is 4.39 Å². The summed E-state index contributed by atoms with van der Waals surface area (Å²) in [4.78, 5) is 9.61. The molecule has 82 valence electrons. The molecule has 0 bridgehead atoms. The maximum Gasteiger partial charge on any atom is 0.304 e. The molecular formula is C10H13FN2O2. The third-order valence-electron chi connectivity index (χ3n) is 2.10. The second-order valence-corrected chi connectivity index (χ2v) is 3.56. The number of aryl methyl sites for hydroxylation is 1. The molecule has 15 heavy (non-hydrogen) atoms. The minimum absolute atomic E-state index is 0.0447. The Morgan fingerprint density at radius 1 is 1.60 bits per heavy atom. The predicted octanol–water partition coefficient (Wildman–Crippen LogP) is 2.01. The first-order chi connectivity index (χ1) is 7.00. The number of rotatable bonds is 4. The highest BCUT2D eigenvalue weighted by atomic mass is 19.1. The van der Waals surface area contributed by atoms with E-state index in [4.69, 9.17) is 5.73 Å². The predicted molar refractivity (Wildman–Crippen MR) is 55.0 cm³/mol. The number of nitro groups is 1. The van der Waals surface area contributed by atoms with Crippen LogP contribution in [0.5, 0.6) is 0 Å². The molecule has 0 fully saturated rings. The topological polar surface area (TPSA) is 69.2 Å². The number of nitrogens with zero attached hydrogens (tertiary/aromatic N) is 1. The molecule has 4 nitrogen and oxygen atoms in total. The van der Waals surface area contributed by atoms with Crippen molar-refractivity contribution < 1.29 is 9.31 Å². The molecule has 0 aromatic heterocycles. The van der Waals surface area contributed by atoms with Crippen molar-refractivity contribution in [1.29, 1.82) is 0 Å². The first kappa shape index (κ1) is 11.6. The lowest BCUT2D eigenvalue weighted by Crippen LogP contribution is -2.15. The van der Waals surface area contributed by atoms with Crippen LogP contribution in [0.3, 0.4) is 0 Å². The number of hydrogen-bond donors (Lipinski definition) is 1. The Bertz CT molecular complexity index is 366. The van der Waals surface area contributed by atoms with Gasteiger partial charge in [-0.25, -0.2) is 0 Å². The number of benzene rings is 1. The van der Waals surface area contributed by atoms with Crippen molar-refractivity contribution in [2.45, 2.75) is 25.8 Å². The van der Waals surface area contributed by atoms with Gasteiger partial charge in [-0.15, -0.1) is 0 Å². The van der Waals surface area contributed by atoms with Gasteiger partial charge in [-0.1, -0.05) is 6.07 Å². The molecule has 1 aromatic rings. The minimum atomic E-state index is -0.790. The third-order valence-corrected chi connectivity index (χ3v) is 2.10. The number of nitro benzene ring substituents is 1. The van der Waals surface area contributed by atoms with E-state index in [2.05, 4.69) is 0 Å². The Labute approximate surface area is 87.0 Å². The summed E-state index contributed by atoms with van der Waals surface area (Å²) < 4.78 is 13.2. The summed E-state index contributed by atoms with van der Waals surface area (Å²) in [6, 6.07) is 3.99. The van der Waals surface area contributed by atoms with Crippen molar-refractivity contribution in [1.82, 2.24) is 0 Å². The first-order valence-corrected chi connectivity index (χ1v) is 4.69. The molecule has 1 rings (SSSR count). The van der Waals surface area contributed by atoms with Gasteiger partial charge >= 0.3 is 5.69 Å². The Balaban J connectivity index is 2.78. The fraction of sp³-hybridized carbons (Fsp3) is 0.400. The van der Waals surface area contributed by atoms with Gasteiger partial charge in [0.05, 0.1) is 4.92 Å². The second-order valence-electron chi connectivity index (χ2n) is 3.56. The summed E-state index contributed by atoms with van der Waals surface area (Å²) >= 11 is 0. The minimum Gasteiger partial charge on any atom is -0.328 e. The molecule has 0 saturated carbocycles. The van der Waals surface area contributed by atoms with E-state index >= 15 is 0 Å². The summed E-state index contributed by atoms with van der Waals surface area (Å²) in [5, 5.41) is 10.3. The largest absolute Gasteiger partial charge is 0.328 e. The highest BCUT2D eigenvalue weighted by Crippen LogP contribution is 2.18. The first-order valence-electron chi connectivity index (χ1n) is 4.69. The lowest BCUT2D eigenvalue weighted by atomic mass is 10.1. The van der Waals surface area contributed by atoms with Crippen molar-refractivity contribution in [3.8, 4) is 0 Å². The summed E-state index contributed by atoms with van der Waals surface area (Å²) in [7, 11) is 0. The molecule has 0 saturated heterocycles. The third kappa shape index (κ3) is 3.28. The lowest BCUT2D eigenvalue weighted by Gasteiger charge is -2.04. The van der Waals surface area contributed by atoms with Crippen molar-refractivity contribution in [2.75, 3.05) is 0 Å². The summed E-state index contributed by atoms with van der Waals surface area (Å²) in [6.07, 6.45) is 1.36. The molecule has 2 N–H and O–H groups in total. The molecule has 1 aromatic carbocycles. The average Bonchev–Trinajstić information content (AvgIpc) is 2.14. The molecule has 5 heteroatoms. The van der Waals surface area contributed by atoms with Gasteiger partial charge in [0.15, 0.2) is 0 Å². The zero-order valence-electron chi connectivity index (χ0n) is 8.44. The maximum absolute atomic E-state index is 13.2. The van der Waals surface area contributed by atoms with Crippen LogP contribution in [0.25, 0.3) is 0 Å². The van der Waals surface area contributed by atoms with Gasteiger partial charge in [0, 0.05) is 12.1 Å². The number of hydrogen-bond acceptors (Lipinski definition) is 3. The average molecular weight is 212 g/mol. The van der Waals surface area contributed by atoms with Crippen LogP contribution < -0.4 is 5.73 Å². The van der Waals surface area contributed by atoms with Gasteiger partial charge in [-0.3, -0.25) is 10.1 Å². The Hall–Kier alpha value is -1.49. The van der Waals surface area contributed by atoms with E-state index in [1.807, 2.05) is 6.92 Å². The smallest absolute Gasteiger partial charge is 0.304 e. The van der Waals surface area contributed by atoms with Crippen LogP contribution >= 0.6 is 0 Å². The summed E-state index contributed by atoms with van der Waals surface area (Å²) in [6.45, 7) is 1.86. The van der Waals surface area contributed by atoms with E-state index in [1.165, 1.54) is 12.1 Å². The molecule has 0 radical (unpaired) electrons. The monoisotopic (exact) mass is 212 g/mol. The van der Waals surface area contributed by atoms with Crippen LogP contribution in [-0.2, 0) is 6.42 Å². The summed E-state index contributed by atoms with van der Waals surface area (Å²) in [5.74, 6) is -0.790. The molecule has 0 aliphatic heterocycles. The van der Waals surface area contributed by atoms with Crippen molar-refractivity contribution in [2.24, 2.45) is 5.73 Å². The van der Waals surface area contributed by atoms with Crippen LogP contribution in [0.15, 0.2) is 18.2 Å². The van der Waals surface area contributed by atoms with E-state index in [0.717, 1.165) is 12.0 Å². The van der Waals surface area contributed by atoms with Crippen molar-refractivity contribution in [3.63, 3.8) is 0 Å². The molecule has 0 unspecified atom stereocenters. The van der Waals surface area contributed by atoms with Gasteiger partial charge in [0.1, 0.15) is 0 Å². The van der Waals surface area contributed by atoms with Gasteiger partial charge < -0.3 is 5.73 Å². The van der Waals surface area contributed by atoms with Crippen LogP contribution in [0.1, 0.15) is 18.9 Å². The Kier molecular flexibility index (Phi) is 3.74. The molecule has 0 heterocycles. The zero-order chi connectivity index (χ0) is 11.4. The fourth-order valence-electron chi connectivity index (χ4n) is 1.25. The zero-order valence-corrected chi connectivity index (χ0v) is 8.44. The van der Waals surface area contributed by atoms with E-state index in [9.17, 15) is 14.5 Å². The highest BCUT2D eigenvalue weighted by molar-refractivity contribution is 5.35. The maximum atomic E-state index is 13.2. The van der Waals surface area contributed by atoms with E-state index in [-0.39, 0.29) is 6.04 Å². The molecule has 1 atom stereocenters. The van der Waals surface area contributed by atoms with Crippen LogP contribution in [0.2, 0.25) is 0 Å². The Morgan fingerprint density at radius 3 is 2.73 bits per heavy atom. The van der Waals surface area contributed by atoms with Crippen LogP contribution in [-0.4, -0.2) is 11.0 Å².